The Hall–Kier alpha value is -1.40. The predicted molar refractivity (Wildman–Crippen MR) is 82.4 cm³/mol. The summed E-state index contributed by atoms with van der Waals surface area (Å²) in [6.07, 6.45) is 12.8. The summed E-state index contributed by atoms with van der Waals surface area (Å²) in [7, 11) is 0. The molecule has 0 radical (unpaired) electrons. The summed E-state index contributed by atoms with van der Waals surface area (Å²) >= 11 is 0. The van der Waals surface area contributed by atoms with Crippen molar-refractivity contribution in [2.75, 3.05) is 0 Å². The Bertz CT molecular complexity index is 438. The maximum absolute atomic E-state index is 3.41. The molecule has 0 nitrogen and oxygen atoms in total. The van der Waals surface area contributed by atoms with Crippen molar-refractivity contribution in [2.24, 2.45) is 11.8 Å². The molecule has 2 aliphatic carbocycles. The van der Waals surface area contributed by atoms with Crippen LogP contribution < -0.4 is 0 Å². The molecule has 0 aliphatic heterocycles. The van der Waals surface area contributed by atoms with Crippen LogP contribution in [0.25, 0.3) is 0 Å². The lowest BCUT2D eigenvalue weighted by Crippen LogP contribution is -1.95. The average Bonchev–Trinajstić information content (AvgIpc) is 3.01. The minimum Gasteiger partial charge on any atom is -0.0982 e. The topological polar surface area (TPSA) is 0 Å². The lowest BCUT2D eigenvalue weighted by Gasteiger charge is -2.05. The van der Waals surface area contributed by atoms with E-state index in [9.17, 15) is 0 Å². The fraction of sp³-hybridized carbons (Fsp3) is 0.579. The number of rotatable bonds is 4. The summed E-state index contributed by atoms with van der Waals surface area (Å²) in [6.45, 7) is 4.43. The predicted octanol–water partition coefficient (Wildman–Crippen LogP) is 4.88. The Labute approximate surface area is 118 Å². The van der Waals surface area contributed by atoms with Crippen LogP contribution in [-0.2, 0) is 0 Å². The fourth-order valence-corrected chi connectivity index (χ4v) is 2.69. The number of hydrogen-bond donors (Lipinski definition) is 0. The first kappa shape index (κ1) is 14.0. The van der Waals surface area contributed by atoms with E-state index in [1.807, 2.05) is 0 Å². The molecule has 0 saturated carbocycles. The molecule has 0 amide bonds. The van der Waals surface area contributed by atoms with Gasteiger partial charge in [0, 0.05) is 35.8 Å². The molecule has 0 saturated heterocycles. The first-order valence-corrected chi connectivity index (χ1v) is 7.77. The molecule has 2 bridgehead atoms. The number of allylic oxidation sites excluding steroid dienone is 4. The molecule has 0 N–H and O–H groups in total. The molecule has 0 spiro atoms. The highest BCUT2D eigenvalue weighted by Gasteiger charge is 2.33. The molecule has 100 valence electrons. The van der Waals surface area contributed by atoms with Crippen molar-refractivity contribution in [2.45, 2.75) is 58.8 Å². The van der Waals surface area contributed by atoms with Gasteiger partial charge in [-0.15, -0.1) is 0 Å². The Kier molecular flexibility index (Phi) is 5.35. The van der Waals surface area contributed by atoms with Crippen molar-refractivity contribution >= 4 is 0 Å². The second-order valence-corrected chi connectivity index (χ2v) is 5.47. The van der Waals surface area contributed by atoms with Crippen LogP contribution >= 0.6 is 0 Å². The van der Waals surface area contributed by atoms with E-state index < -0.39 is 0 Å². The van der Waals surface area contributed by atoms with Crippen LogP contribution in [0, 0.1) is 35.5 Å². The third-order valence-electron chi connectivity index (χ3n) is 3.87. The van der Waals surface area contributed by atoms with Crippen molar-refractivity contribution in [3.8, 4) is 23.7 Å². The van der Waals surface area contributed by atoms with Gasteiger partial charge in [-0.05, 0) is 19.3 Å². The van der Waals surface area contributed by atoms with Crippen molar-refractivity contribution in [3.63, 3.8) is 0 Å². The first-order valence-electron chi connectivity index (χ1n) is 7.77. The van der Waals surface area contributed by atoms with Crippen molar-refractivity contribution in [1.29, 1.82) is 0 Å². The van der Waals surface area contributed by atoms with Gasteiger partial charge in [-0.1, -0.05) is 62.5 Å². The zero-order chi connectivity index (χ0) is 13.5. The third kappa shape index (κ3) is 3.54. The molecule has 0 heteroatoms. The van der Waals surface area contributed by atoms with Gasteiger partial charge in [-0.2, -0.15) is 0 Å². The summed E-state index contributed by atoms with van der Waals surface area (Å²) in [6, 6.07) is 0. The molecule has 2 unspecified atom stereocenters. The van der Waals surface area contributed by atoms with Crippen LogP contribution in [0.15, 0.2) is 23.3 Å². The zero-order valence-corrected chi connectivity index (χ0v) is 12.3. The van der Waals surface area contributed by atoms with Gasteiger partial charge in [-0.25, -0.2) is 0 Å². The standard InChI is InChI=1S/C19H24/c1-3-5-7-9-11-18-16-13-14-17(15-16)19(18)12-10-8-6-4-2/h13-14,16-17H,3-8,15H2,1-2H3. The number of fused-ring (bicyclic) bond motifs is 2. The van der Waals surface area contributed by atoms with Crippen molar-refractivity contribution < 1.29 is 0 Å². The lowest BCUT2D eigenvalue weighted by molar-refractivity contribution is 0.715. The van der Waals surface area contributed by atoms with Crippen molar-refractivity contribution in [3.05, 3.63) is 23.3 Å². The van der Waals surface area contributed by atoms with Crippen LogP contribution in [0.4, 0.5) is 0 Å². The van der Waals surface area contributed by atoms with Crippen LogP contribution in [0.5, 0.6) is 0 Å². The van der Waals surface area contributed by atoms with E-state index in [0.29, 0.717) is 11.8 Å². The fourth-order valence-electron chi connectivity index (χ4n) is 2.69. The summed E-state index contributed by atoms with van der Waals surface area (Å²) in [5.41, 5.74) is 2.65. The quantitative estimate of drug-likeness (QED) is 0.380. The van der Waals surface area contributed by atoms with Gasteiger partial charge in [0.05, 0.1) is 0 Å². The highest BCUT2D eigenvalue weighted by molar-refractivity contribution is 5.54. The van der Waals surface area contributed by atoms with Gasteiger partial charge in [0.1, 0.15) is 0 Å². The smallest absolute Gasteiger partial charge is 0.0211 e. The normalized spacial score (nSPS) is 23.1. The maximum Gasteiger partial charge on any atom is 0.0211 e. The molecular formula is C19H24. The SMILES string of the molecule is CCCCC#CC1=C(C#CCCCC)C2C=CC1C2. The highest BCUT2D eigenvalue weighted by atomic mass is 14.4. The Morgan fingerprint density at radius 3 is 1.79 bits per heavy atom. The van der Waals surface area contributed by atoms with Gasteiger partial charge < -0.3 is 0 Å². The van der Waals surface area contributed by atoms with Gasteiger partial charge in [0.15, 0.2) is 0 Å². The van der Waals surface area contributed by atoms with Crippen molar-refractivity contribution in [1.82, 2.24) is 0 Å². The molecule has 19 heavy (non-hydrogen) atoms. The first-order chi connectivity index (χ1) is 9.36. The molecule has 2 aliphatic rings. The average molecular weight is 252 g/mol. The summed E-state index contributed by atoms with van der Waals surface area (Å²) < 4.78 is 0. The van der Waals surface area contributed by atoms with E-state index in [1.165, 1.54) is 43.3 Å². The largest absolute Gasteiger partial charge is 0.0982 e. The molecular weight excluding hydrogens is 228 g/mol. The summed E-state index contributed by atoms with van der Waals surface area (Å²) in [4.78, 5) is 0. The molecule has 0 fully saturated rings. The van der Waals surface area contributed by atoms with Crippen LogP contribution in [0.1, 0.15) is 58.8 Å². The molecule has 0 aromatic rings. The van der Waals surface area contributed by atoms with E-state index in [0.717, 1.165) is 12.8 Å². The second-order valence-electron chi connectivity index (χ2n) is 5.47. The van der Waals surface area contributed by atoms with Crippen LogP contribution in [0.2, 0.25) is 0 Å². The summed E-state index contributed by atoms with van der Waals surface area (Å²) in [5.74, 6) is 14.6. The van der Waals surface area contributed by atoms with Gasteiger partial charge in [-0.3, -0.25) is 0 Å². The minimum absolute atomic E-state index is 0.564. The summed E-state index contributed by atoms with van der Waals surface area (Å²) in [5, 5.41) is 0. The second kappa shape index (κ2) is 7.25. The van der Waals surface area contributed by atoms with E-state index in [1.54, 1.807) is 0 Å². The molecule has 0 aromatic carbocycles. The Morgan fingerprint density at radius 2 is 1.37 bits per heavy atom. The molecule has 2 rings (SSSR count). The Morgan fingerprint density at radius 1 is 0.895 bits per heavy atom. The lowest BCUT2D eigenvalue weighted by atomic mass is 9.97. The van der Waals surface area contributed by atoms with E-state index in [-0.39, 0.29) is 0 Å². The minimum atomic E-state index is 0.564. The number of unbranched alkanes of at least 4 members (excludes halogenated alkanes) is 4. The van der Waals surface area contributed by atoms with Gasteiger partial charge >= 0.3 is 0 Å². The van der Waals surface area contributed by atoms with Crippen LogP contribution in [0.3, 0.4) is 0 Å². The monoisotopic (exact) mass is 252 g/mol. The van der Waals surface area contributed by atoms with E-state index in [2.05, 4.69) is 49.7 Å². The molecule has 0 aromatic heterocycles. The van der Waals surface area contributed by atoms with E-state index in [4.69, 9.17) is 0 Å². The van der Waals surface area contributed by atoms with Crippen LogP contribution in [-0.4, -0.2) is 0 Å². The highest BCUT2D eigenvalue weighted by Crippen LogP contribution is 2.43. The number of hydrogen-bond acceptors (Lipinski definition) is 0. The molecule has 0 heterocycles. The van der Waals surface area contributed by atoms with Gasteiger partial charge in [0.25, 0.3) is 0 Å². The van der Waals surface area contributed by atoms with Gasteiger partial charge in [0.2, 0.25) is 0 Å². The van der Waals surface area contributed by atoms with E-state index >= 15 is 0 Å². The molecule has 2 atom stereocenters. The zero-order valence-electron chi connectivity index (χ0n) is 12.3. The Balaban J connectivity index is 2.06. The maximum atomic E-state index is 3.41. The third-order valence-corrected chi connectivity index (χ3v) is 3.87.